The topological polar surface area (TPSA) is 142 Å². The van der Waals surface area contributed by atoms with Gasteiger partial charge in [-0.2, -0.15) is 0 Å². The van der Waals surface area contributed by atoms with Crippen molar-refractivity contribution in [2.75, 3.05) is 0 Å². The molecule has 0 aliphatic rings. The number of hydrogen-bond donors (Lipinski definition) is 7. The number of phenols is 4. The quantitative estimate of drug-likeness (QED) is 0.180. The molecule has 0 aromatic heterocycles. The van der Waals surface area contributed by atoms with Gasteiger partial charge in [-0.1, -0.05) is 0 Å². The molecule has 0 unspecified atom stereocenters. The summed E-state index contributed by atoms with van der Waals surface area (Å²) in [6.45, 7) is 1.17. The molecule has 15 heavy (non-hydrogen) atoms. The van der Waals surface area contributed by atoms with Gasteiger partial charge in [-0.05, 0) is 6.92 Å². The van der Waals surface area contributed by atoms with E-state index in [1.54, 1.807) is 0 Å². The minimum Gasteiger partial charge on any atom is -0.504 e. The van der Waals surface area contributed by atoms with E-state index >= 15 is 0 Å². The summed E-state index contributed by atoms with van der Waals surface area (Å²) < 4.78 is 0. The molecule has 7 heteroatoms. The zero-order valence-corrected chi connectivity index (χ0v) is 7.63. The van der Waals surface area contributed by atoms with Gasteiger partial charge in [-0.3, -0.25) is 0 Å². The number of aromatic hydroxyl groups is 4. The Kier molecular flexibility index (Phi) is 2.40. The summed E-state index contributed by atoms with van der Waals surface area (Å²) in [5, 5.41) is 63.1. The fourth-order valence-corrected chi connectivity index (χ4v) is 1.13. The average molecular weight is 218 g/mol. The molecule has 0 bridgehead atoms. The van der Waals surface area contributed by atoms with Gasteiger partial charge in [0, 0.05) is 5.56 Å². The summed E-state index contributed by atoms with van der Waals surface area (Å²) in [5.74, 6) is -7.58. The molecule has 0 saturated carbocycles. The molecular formula is C8H10O7. The van der Waals surface area contributed by atoms with E-state index in [0.717, 1.165) is 0 Å². The molecule has 0 aliphatic carbocycles. The third kappa shape index (κ3) is 1.63. The van der Waals surface area contributed by atoms with Crippen LogP contribution < -0.4 is 0 Å². The van der Waals surface area contributed by atoms with Gasteiger partial charge in [0.2, 0.25) is 0 Å². The van der Waals surface area contributed by atoms with Crippen molar-refractivity contribution in [2.24, 2.45) is 0 Å². The van der Waals surface area contributed by atoms with Crippen molar-refractivity contribution in [3.63, 3.8) is 0 Å². The van der Waals surface area contributed by atoms with Crippen LogP contribution in [0.2, 0.25) is 0 Å². The summed E-state index contributed by atoms with van der Waals surface area (Å²) in [4.78, 5) is 0. The standard InChI is InChI=1S/C8H10O7/c1-2-4(9)6(11)3(8(13,14)15)7(12)5(2)10/h9-15H,1H3. The van der Waals surface area contributed by atoms with E-state index in [1.807, 2.05) is 0 Å². The summed E-state index contributed by atoms with van der Waals surface area (Å²) in [7, 11) is 0. The van der Waals surface area contributed by atoms with E-state index < -0.39 is 34.5 Å². The van der Waals surface area contributed by atoms with E-state index in [1.165, 1.54) is 6.92 Å². The summed E-state index contributed by atoms with van der Waals surface area (Å²) in [5.41, 5.74) is -1.46. The molecule has 84 valence electrons. The molecule has 0 amide bonds. The van der Waals surface area contributed by atoms with Crippen LogP contribution in [0.4, 0.5) is 0 Å². The summed E-state index contributed by atoms with van der Waals surface area (Å²) >= 11 is 0. The molecule has 1 rings (SSSR count). The Balaban J connectivity index is 3.68. The lowest BCUT2D eigenvalue weighted by atomic mass is 10.0. The van der Waals surface area contributed by atoms with Gasteiger partial charge in [-0.25, -0.2) is 0 Å². The number of rotatable bonds is 1. The lowest BCUT2D eigenvalue weighted by Crippen LogP contribution is -2.24. The van der Waals surface area contributed by atoms with Crippen LogP contribution in [0.1, 0.15) is 11.1 Å². The second kappa shape index (κ2) is 3.16. The highest BCUT2D eigenvalue weighted by Crippen LogP contribution is 2.48. The number of aliphatic hydroxyl groups is 3. The predicted octanol–water partition coefficient (Wildman–Crippen LogP) is -1.10. The molecule has 0 aliphatic heterocycles. The van der Waals surface area contributed by atoms with Gasteiger partial charge in [0.1, 0.15) is 5.56 Å². The van der Waals surface area contributed by atoms with Gasteiger partial charge >= 0.3 is 5.97 Å². The molecule has 1 aromatic rings. The van der Waals surface area contributed by atoms with Crippen molar-refractivity contribution in [1.29, 1.82) is 0 Å². The van der Waals surface area contributed by atoms with Crippen molar-refractivity contribution in [3.8, 4) is 23.0 Å². The molecule has 0 fully saturated rings. The molecule has 7 nitrogen and oxygen atoms in total. The molecule has 0 spiro atoms. The van der Waals surface area contributed by atoms with Gasteiger partial charge in [0.15, 0.2) is 23.0 Å². The van der Waals surface area contributed by atoms with Gasteiger partial charge in [-0.15, -0.1) is 0 Å². The average Bonchev–Trinajstić information content (AvgIpc) is 2.09. The Morgan fingerprint density at radius 3 is 1.33 bits per heavy atom. The summed E-state index contributed by atoms with van der Waals surface area (Å²) in [6, 6.07) is 0. The van der Waals surface area contributed by atoms with Crippen molar-refractivity contribution >= 4 is 0 Å². The van der Waals surface area contributed by atoms with Crippen LogP contribution in [-0.4, -0.2) is 35.7 Å². The number of phenolic OH excluding ortho intramolecular Hbond substituents is 4. The van der Waals surface area contributed by atoms with Crippen LogP contribution >= 0.6 is 0 Å². The summed E-state index contributed by atoms with van der Waals surface area (Å²) in [6.07, 6.45) is 0. The van der Waals surface area contributed by atoms with Crippen LogP contribution in [0.3, 0.4) is 0 Å². The maximum atomic E-state index is 9.22. The van der Waals surface area contributed by atoms with Crippen molar-refractivity contribution in [1.82, 2.24) is 0 Å². The first-order valence-electron chi connectivity index (χ1n) is 3.82. The first kappa shape index (κ1) is 11.4. The van der Waals surface area contributed by atoms with Crippen molar-refractivity contribution in [3.05, 3.63) is 11.1 Å². The van der Waals surface area contributed by atoms with E-state index in [2.05, 4.69) is 0 Å². The van der Waals surface area contributed by atoms with Gasteiger partial charge in [0.25, 0.3) is 0 Å². The highest BCUT2D eigenvalue weighted by Gasteiger charge is 2.35. The maximum absolute atomic E-state index is 9.22. The van der Waals surface area contributed by atoms with Crippen LogP contribution in [0.15, 0.2) is 0 Å². The third-order valence-corrected chi connectivity index (χ3v) is 1.97. The van der Waals surface area contributed by atoms with Crippen LogP contribution in [0.5, 0.6) is 23.0 Å². The van der Waals surface area contributed by atoms with Crippen molar-refractivity contribution < 1.29 is 35.7 Å². The lowest BCUT2D eigenvalue weighted by Gasteiger charge is -2.19. The SMILES string of the molecule is Cc1c(O)c(O)c(C(O)(O)O)c(O)c1O. The fraction of sp³-hybridized carbons (Fsp3) is 0.250. The predicted molar refractivity (Wildman–Crippen MR) is 46.2 cm³/mol. The monoisotopic (exact) mass is 218 g/mol. The second-order valence-corrected chi connectivity index (χ2v) is 3.03. The van der Waals surface area contributed by atoms with Crippen LogP contribution in [0, 0.1) is 6.92 Å². The molecule has 1 aromatic carbocycles. The minimum atomic E-state index is -3.57. The largest absolute Gasteiger partial charge is 0.504 e. The Morgan fingerprint density at radius 1 is 0.733 bits per heavy atom. The highest BCUT2D eigenvalue weighted by atomic mass is 16.7. The molecule has 0 atom stereocenters. The molecule has 0 heterocycles. The first-order valence-corrected chi connectivity index (χ1v) is 3.82. The normalized spacial score (nSPS) is 11.7. The van der Waals surface area contributed by atoms with Crippen LogP contribution in [-0.2, 0) is 5.97 Å². The molecular weight excluding hydrogens is 208 g/mol. The van der Waals surface area contributed by atoms with E-state index in [4.69, 9.17) is 15.3 Å². The third-order valence-electron chi connectivity index (χ3n) is 1.97. The Labute approximate surface area is 83.7 Å². The number of hydrogen-bond acceptors (Lipinski definition) is 7. The Bertz CT molecular complexity index is 375. The Morgan fingerprint density at radius 2 is 1.07 bits per heavy atom. The number of benzene rings is 1. The smallest absolute Gasteiger partial charge is 0.312 e. The van der Waals surface area contributed by atoms with E-state index in [9.17, 15) is 20.4 Å². The van der Waals surface area contributed by atoms with Crippen molar-refractivity contribution in [2.45, 2.75) is 12.9 Å². The minimum absolute atomic E-state index is 0.266. The molecule has 0 saturated heterocycles. The molecule has 0 radical (unpaired) electrons. The lowest BCUT2D eigenvalue weighted by molar-refractivity contribution is -0.325. The zero-order chi connectivity index (χ0) is 12.0. The zero-order valence-electron chi connectivity index (χ0n) is 7.63. The highest BCUT2D eigenvalue weighted by molar-refractivity contribution is 5.64. The Hall–Kier alpha value is -1.70. The maximum Gasteiger partial charge on any atom is 0.312 e. The van der Waals surface area contributed by atoms with E-state index in [0.29, 0.717) is 0 Å². The second-order valence-electron chi connectivity index (χ2n) is 3.03. The van der Waals surface area contributed by atoms with Crippen LogP contribution in [0.25, 0.3) is 0 Å². The fourth-order valence-electron chi connectivity index (χ4n) is 1.13. The van der Waals surface area contributed by atoms with Gasteiger partial charge < -0.3 is 35.7 Å². The first-order chi connectivity index (χ1) is 6.68. The molecule has 7 N–H and O–H groups in total. The van der Waals surface area contributed by atoms with Gasteiger partial charge in [0.05, 0.1) is 0 Å². The van der Waals surface area contributed by atoms with E-state index in [-0.39, 0.29) is 5.56 Å².